The highest BCUT2D eigenvalue weighted by molar-refractivity contribution is 7.64. The van der Waals surface area contributed by atoms with Gasteiger partial charge in [0.05, 0.1) is 0 Å². The fourth-order valence-electron chi connectivity index (χ4n) is 2.99. The summed E-state index contributed by atoms with van der Waals surface area (Å²) in [7, 11) is 1.55. The Balaban J connectivity index is 2.41. The van der Waals surface area contributed by atoms with Gasteiger partial charge >= 0.3 is 0 Å². The van der Waals surface area contributed by atoms with Crippen molar-refractivity contribution in [2.24, 2.45) is 0 Å². The maximum absolute atomic E-state index is 15.2. The summed E-state index contributed by atoms with van der Waals surface area (Å²) in [6, 6.07) is 11.9. The Bertz CT molecular complexity index is 764. The number of amides is 1. The number of carbonyl (C=O) groups excluding carboxylic acids is 1. The largest absolute Gasteiger partial charge is 0.317 e. The number of carbonyl (C=O) groups is 1. The zero-order chi connectivity index (χ0) is 19.3. The fourth-order valence-corrected chi connectivity index (χ4v) is 4.05. The SMILES string of the molecule is CNC(C)CCN(C=O)c1ccc(-c2ccccc2P(C)C)c(F)c1C. The maximum Gasteiger partial charge on any atom is 0.214 e. The lowest BCUT2D eigenvalue weighted by atomic mass is 10.0. The van der Waals surface area contributed by atoms with Gasteiger partial charge in [-0.1, -0.05) is 32.2 Å². The number of nitrogens with one attached hydrogen (secondary N) is 1. The summed E-state index contributed by atoms with van der Waals surface area (Å²) in [4.78, 5) is 13.1. The van der Waals surface area contributed by atoms with Gasteiger partial charge in [0.2, 0.25) is 6.41 Å². The van der Waals surface area contributed by atoms with Gasteiger partial charge in [0.1, 0.15) is 5.82 Å². The van der Waals surface area contributed by atoms with E-state index in [9.17, 15) is 4.79 Å². The molecule has 0 aliphatic carbocycles. The molecule has 0 saturated carbocycles. The zero-order valence-corrected chi connectivity index (χ0v) is 17.1. The molecule has 0 fully saturated rings. The minimum Gasteiger partial charge on any atom is -0.317 e. The van der Waals surface area contributed by atoms with E-state index in [0.717, 1.165) is 18.4 Å². The van der Waals surface area contributed by atoms with Crippen LogP contribution in [0.25, 0.3) is 11.1 Å². The number of halogens is 1. The van der Waals surface area contributed by atoms with Crippen molar-refractivity contribution in [2.75, 3.05) is 31.8 Å². The lowest BCUT2D eigenvalue weighted by Crippen LogP contribution is -2.30. The van der Waals surface area contributed by atoms with E-state index >= 15 is 4.39 Å². The standard InChI is InChI=1S/C21H28FN2OP/c1-15(23-3)12-13-24(14-25)19-11-10-18(21(22)16(19)2)17-8-6-7-9-20(17)26(4)5/h6-11,14-15,23H,12-13H2,1-5H3. The molecule has 140 valence electrons. The predicted octanol–water partition coefficient (Wildman–Crippen LogP) is 4.13. The Morgan fingerprint density at radius 3 is 2.50 bits per heavy atom. The van der Waals surface area contributed by atoms with Crippen LogP contribution in [0.1, 0.15) is 18.9 Å². The number of rotatable bonds is 8. The molecule has 0 bridgehead atoms. The van der Waals surface area contributed by atoms with E-state index in [4.69, 9.17) is 0 Å². The molecule has 1 unspecified atom stereocenters. The van der Waals surface area contributed by atoms with Crippen LogP contribution in [-0.2, 0) is 4.79 Å². The van der Waals surface area contributed by atoms with E-state index in [2.05, 4.69) is 31.6 Å². The predicted molar refractivity (Wildman–Crippen MR) is 112 cm³/mol. The van der Waals surface area contributed by atoms with Gasteiger partial charge in [-0.3, -0.25) is 4.79 Å². The Morgan fingerprint density at radius 2 is 1.88 bits per heavy atom. The van der Waals surface area contributed by atoms with Crippen LogP contribution in [0, 0.1) is 12.7 Å². The van der Waals surface area contributed by atoms with Gasteiger partial charge in [-0.2, -0.15) is 0 Å². The van der Waals surface area contributed by atoms with E-state index in [1.165, 1.54) is 5.30 Å². The second-order valence-corrected chi connectivity index (χ2v) is 9.03. The van der Waals surface area contributed by atoms with Crippen molar-refractivity contribution in [3.05, 3.63) is 47.8 Å². The fraction of sp³-hybridized carbons (Fsp3) is 0.381. The van der Waals surface area contributed by atoms with Gasteiger partial charge in [0.15, 0.2) is 0 Å². The molecule has 0 spiro atoms. The monoisotopic (exact) mass is 374 g/mol. The van der Waals surface area contributed by atoms with Crippen LogP contribution in [0.5, 0.6) is 0 Å². The Morgan fingerprint density at radius 1 is 1.19 bits per heavy atom. The number of anilines is 1. The third-order valence-electron chi connectivity index (χ3n) is 4.77. The van der Waals surface area contributed by atoms with Gasteiger partial charge < -0.3 is 10.2 Å². The summed E-state index contributed by atoms with van der Waals surface area (Å²) < 4.78 is 15.2. The average Bonchev–Trinajstić information content (AvgIpc) is 2.65. The maximum atomic E-state index is 15.2. The second-order valence-electron chi connectivity index (χ2n) is 6.76. The third-order valence-corrected chi connectivity index (χ3v) is 6.12. The van der Waals surface area contributed by atoms with E-state index in [1.807, 2.05) is 31.3 Å². The topological polar surface area (TPSA) is 32.3 Å². The molecule has 26 heavy (non-hydrogen) atoms. The minimum absolute atomic E-state index is 0.250. The van der Waals surface area contributed by atoms with Crippen LogP contribution in [0.4, 0.5) is 10.1 Å². The van der Waals surface area contributed by atoms with Crippen molar-refractivity contribution in [3.63, 3.8) is 0 Å². The van der Waals surface area contributed by atoms with Gasteiger partial charge in [-0.25, -0.2) is 4.39 Å². The van der Waals surface area contributed by atoms with Gasteiger partial charge in [0.25, 0.3) is 0 Å². The first-order valence-corrected chi connectivity index (χ1v) is 11.1. The van der Waals surface area contributed by atoms with Crippen molar-refractivity contribution in [2.45, 2.75) is 26.3 Å². The zero-order valence-electron chi connectivity index (χ0n) is 16.2. The number of benzene rings is 2. The smallest absolute Gasteiger partial charge is 0.214 e. The number of hydrogen-bond acceptors (Lipinski definition) is 2. The molecule has 0 heterocycles. The molecule has 3 nitrogen and oxygen atoms in total. The summed E-state index contributed by atoms with van der Waals surface area (Å²) in [5.74, 6) is -0.250. The molecule has 0 aliphatic heterocycles. The highest BCUT2D eigenvalue weighted by atomic mass is 31.1. The van der Waals surface area contributed by atoms with E-state index < -0.39 is 0 Å². The van der Waals surface area contributed by atoms with Crippen LogP contribution in [-0.4, -0.2) is 39.4 Å². The van der Waals surface area contributed by atoms with Gasteiger partial charge in [0, 0.05) is 29.4 Å². The number of hydrogen-bond donors (Lipinski definition) is 1. The molecule has 2 aromatic carbocycles. The Labute approximate surface area is 157 Å². The summed E-state index contributed by atoms with van der Waals surface area (Å²) in [6.07, 6.45) is 1.59. The molecule has 5 heteroatoms. The lowest BCUT2D eigenvalue weighted by molar-refractivity contribution is -0.107. The van der Waals surface area contributed by atoms with Crippen LogP contribution in [0.2, 0.25) is 0 Å². The molecular formula is C21H28FN2OP. The molecule has 1 N–H and O–H groups in total. The summed E-state index contributed by atoms with van der Waals surface area (Å²) in [6.45, 7) is 8.70. The average molecular weight is 374 g/mol. The molecule has 2 rings (SSSR count). The highest BCUT2D eigenvalue weighted by Crippen LogP contribution is 2.35. The van der Waals surface area contributed by atoms with E-state index in [0.29, 0.717) is 29.4 Å². The van der Waals surface area contributed by atoms with Crippen LogP contribution in [0.3, 0.4) is 0 Å². The quantitative estimate of drug-likeness (QED) is 0.557. The van der Waals surface area contributed by atoms with Crippen molar-refractivity contribution in [1.82, 2.24) is 5.32 Å². The molecule has 0 aliphatic rings. The lowest BCUT2D eigenvalue weighted by Gasteiger charge is -2.23. The third kappa shape index (κ3) is 4.49. The first-order valence-electron chi connectivity index (χ1n) is 8.85. The normalized spacial score (nSPS) is 12.3. The van der Waals surface area contributed by atoms with Gasteiger partial charge in [-0.15, -0.1) is 0 Å². The molecular weight excluding hydrogens is 346 g/mol. The Hall–Kier alpha value is -1.77. The summed E-state index contributed by atoms with van der Waals surface area (Å²) >= 11 is 0. The van der Waals surface area contributed by atoms with E-state index in [1.54, 1.807) is 17.9 Å². The first-order chi connectivity index (χ1) is 12.4. The Kier molecular flexibility index (Phi) is 7.31. The molecule has 0 aromatic heterocycles. The molecule has 0 radical (unpaired) electrons. The molecule has 1 amide bonds. The van der Waals surface area contributed by atoms with E-state index in [-0.39, 0.29) is 13.7 Å². The number of nitrogens with zero attached hydrogens (tertiary/aromatic N) is 1. The second kappa shape index (κ2) is 9.25. The van der Waals surface area contributed by atoms with Crippen molar-refractivity contribution >= 4 is 25.3 Å². The van der Waals surface area contributed by atoms with Crippen LogP contribution >= 0.6 is 7.92 Å². The van der Waals surface area contributed by atoms with Crippen LogP contribution < -0.4 is 15.5 Å². The molecule has 2 aromatic rings. The summed E-state index contributed by atoms with van der Waals surface area (Å²) in [5.41, 5.74) is 2.69. The molecule has 1 atom stereocenters. The molecule has 0 saturated heterocycles. The van der Waals surface area contributed by atoms with Crippen molar-refractivity contribution < 1.29 is 9.18 Å². The van der Waals surface area contributed by atoms with Crippen molar-refractivity contribution in [1.29, 1.82) is 0 Å². The minimum atomic E-state index is -0.341. The van der Waals surface area contributed by atoms with Crippen molar-refractivity contribution in [3.8, 4) is 11.1 Å². The van der Waals surface area contributed by atoms with Crippen LogP contribution in [0.15, 0.2) is 36.4 Å². The first kappa shape index (κ1) is 20.5. The highest BCUT2D eigenvalue weighted by Gasteiger charge is 2.18. The van der Waals surface area contributed by atoms with Gasteiger partial charge in [-0.05, 0) is 63.6 Å². The summed E-state index contributed by atoms with van der Waals surface area (Å²) in [5, 5.41) is 4.34.